The average Bonchev–Trinajstić information content (AvgIpc) is 3.01. The Kier molecular flexibility index (Phi) is 2.83. The summed E-state index contributed by atoms with van der Waals surface area (Å²) in [4.78, 5) is 9.84. The minimum Gasteiger partial charge on any atom is -0.307 e. The van der Waals surface area contributed by atoms with Gasteiger partial charge < -0.3 is 4.57 Å². The third kappa shape index (κ3) is 1.72. The van der Waals surface area contributed by atoms with Gasteiger partial charge in [-0.15, -0.1) is 22.9 Å². The number of imidazole rings is 1. The number of aromatic nitrogens is 5. The predicted octanol–water partition coefficient (Wildman–Crippen LogP) is 2.32. The molecule has 0 aliphatic carbocycles. The Morgan fingerprint density at radius 2 is 2.28 bits per heavy atom. The first-order chi connectivity index (χ1) is 8.70. The van der Waals surface area contributed by atoms with Gasteiger partial charge in [0.1, 0.15) is 11.3 Å². The zero-order chi connectivity index (χ0) is 12.7. The molecular formula is C11H12ClN5S. The first kappa shape index (κ1) is 11.7. The third-order valence-electron chi connectivity index (χ3n) is 2.89. The van der Waals surface area contributed by atoms with Crippen LogP contribution in [0, 0.1) is 6.92 Å². The summed E-state index contributed by atoms with van der Waals surface area (Å²) >= 11 is 7.61. The van der Waals surface area contributed by atoms with Gasteiger partial charge in [-0.1, -0.05) is 0 Å². The van der Waals surface area contributed by atoms with Crippen LogP contribution in [0.4, 0.5) is 0 Å². The molecule has 94 valence electrons. The Balaban J connectivity index is 2.18. The van der Waals surface area contributed by atoms with Crippen LogP contribution in [0.25, 0.3) is 11.2 Å². The Bertz CT molecular complexity index is 682. The van der Waals surface area contributed by atoms with Crippen molar-refractivity contribution < 1.29 is 0 Å². The number of alkyl halides is 1. The summed E-state index contributed by atoms with van der Waals surface area (Å²) in [6.07, 6.45) is 1.87. The van der Waals surface area contributed by atoms with Crippen molar-refractivity contribution >= 4 is 34.1 Å². The van der Waals surface area contributed by atoms with Crippen molar-refractivity contribution in [3.05, 3.63) is 28.1 Å². The van der Waals surface area contributed by atoms with Crippen LogP contribution in [0.15, 0.2) is 11.7 Å². The van der Waals surface area contributed by atoms with Gasteiger partial charge in [-0.2, -0.15) is 5.10 Å². The van der Waals surface area contributed by atoms with Crippen LogP contribution < -0.4 is 0 Å². The predicted molar refractivity (Wildman–Crippen MR) is 72.0 cm³/mol. The molecule has 0 fully saturated rings. The average molecular weight is 282 g/mol. The Morgan fingerprint density at radius 3 is 2.94 bits per heavy atom. The molecule has 0 saturated heterocycles. The van der Waals surface area contributed by atoms with Crippen molar-refractivity contribution in [3.8, 4) is 0 Å². The molecule has 3 aromatic rings. The molecule has 0 atom stereocenters. The third-order valence-corrected chi connectivity index (χ3v) is 3.89. The van der Waals surface area contributed by atoms with Crippen LogP contribution in [0.3, 0.4) is 0 Å². The van der Waals surface area contributed by atoms with E-state index in [0.29, 0.717) is 5.88 Å². The standard InChI is InChI=1S/C11H12ClN5S/c1-7-10-11(16(2)15-7)17(9(3-12)14-10)5-8-4-13-6-18-8/h4,6H,3,5H2,1-2H3. The molecule has 7 heteroatoms. The van der Waals surface area contributed by atoms with Crippen LogP contribution >= 0.6 is 22.9 Å². The number of nitrogens with zero attached hydrogens (tertiary/aromatic N) is 5. The van der Waals surface area contributed by atoms with Crippen LogP contribution in [-0.4, -0.2) is 24.3 Å². The molecule has 0 spiro atoms. The first-order valence-corrected chi connectivity index (χ1v) is 6.94. The van der Waals surface area contributed by atoms with Crippen LogP contribution in [0.1, 0.15) is 16.4 Å². The van der Waals surface area contributed by atoms with Gasteiger partial charge in [0.2, 0.25) is 0 Å². The summed E-state index contributed by atoms with van der Waals surface area (Å²) in [5, 5.41) is 4.39. The zero-order valence-electron chi connectivity index (χ0n) is 10.1. The second-order valence-corrected chi connectivity index (χ2v) is 5.33. The summed E-state index contributed by atoms with van der Waals surface area (Å²) < 4.78 is 3.96. The lowest BCUT2D eigenvalue weighted by Gasteiger charge is -2.06. The lowest BCUT2D eigenvalue weighted by Crippen LogP contribution is -2.06. The summed E-state index contributed by atoms with van der Waals surface area (Å²) in [7, 11) is 1.93. The normalized spacial score (nSPS) is 11.5. The van der Waals surface area contributed by atoms with Gasteiger partial charge in [0.25, 0.3) is 0 Å². The second kappa shape index (κ2) is 4.37. The SMILES string of the molecule is Cc1nn(C)c2c1nc(CCl)n2Cc1cncs1. The molecule has 3 heterocycles. The molecule has 0 N–H and O–H groups in total. The van der Waals surface area contributed by atoms with Gasteiger partial charge >= 0.3 is 0 Å². The van der Waals surface area contributed by atoms with Crippen molar-refractivity contribution in [2.24, 2.45) is 7.05 Å². The fourth-order valence-corrected chi connectivity index (χ4v) is 2.91. The van der Waals surface area contributed by atoms with Gasteiger partial charge in [0.15, 0.2) is 5.65 Å². The molecular weight excluding hydrogens is 270 g/mol. The number of fused-ring (bicyclic) bond motifs is 1. The molecule has 0 amide bonds. The molecule has 0 bridgehead atoms. The minimum atomic E-state index is 0.396. The highest BCUT2D eigenvalue weighted by Gasteiger charge is 2.17. The highest BCUT2D eigenvalue weighted by molar-refractivity contribution is 7.09. The zero-order valence-corrected chi connectivity index (χ0v) is 11.7. The van der Waals surface area contributed by atoms with Crippen LogP contribution in [-0.2, 0) is 19.5 Å². The lowest BCUT2D eigenvalue weighted by atomic mass is 10.4. The smallest absolute Gasteiger partial charge is 0.159 e. The molecule has 0 radical (unpaired) electrons. The largest absolute Gasteiger partial charge is 0.307 e. The van der Waals surface area contributed by atoms with Gasteiger partial charge in [0, 0.05) is 18.1 Å². The van der Waals surface area contributed by atoms with E-state index < -0.39 is 0 Å². The summed E-state index contributed by atoms with van der Waals surface area (Å²) in [5.41, 5.74) is 4.70. The van der Waals surface area contributed by atoms with E-state index in [1.807, 2.05) is 30.4 Å². The number of hydrogen-bond acceptors (Lipinski definition) is 4. The van der Waals surface area contributed by atoms with Crippen molar-refractivity contribution in [3.63, 3.8) is 0 Å². The number of aryl methyl sites for hydroxylation is 2. The van der Waals surface area contributed by atoms with E-state index in [2.05, 4.69) is 19.6 Å². The van der Waals surface area contributed by atoms with Crippen LogP contribution in [0.5, 0.6) is 0 Å². The lowest BCUT2D eigenvalue weighted by molar-refractivity contribution is 0.706. The van der Waals surface area contributed by atoms with E-state index in [1.54, 1.807) is 11.3 Å². The fourth-order valence-electron chi connectivity index (χ4n) is 2.12. The summed E-state index contributed by atoms with van der Waals surface area (Å²) in [6.45, 7) is 2.70. The molecule has 0 aliphatic rings. The fraction of sp³-hybridized carbons (Fsp3) is 0.364. The van der Waals surface area contributed by atoms with Crippen molar-refractivity contribution in [2.75, 3.05) is 0 Å². The van der Waals surface area contributed by atoms with E-state index in [9.17, 15) is 0 Å². The highest BCUT2D eigenvalue weighted by atomic mass is 35.5. The molecule has 0 aliphatic heterocycles. The van der Waals surface area contributed by atoms with E-state index in [4.69, 9.17) is 11.6 Å². The first-order valence-electron chi connectivity index (χ1n) is 5.52. The number of thiazole rings is 1. The number of hydrogen-bond donors (Lipinski definition) is 0. The van der Waals surface area contributed by atoms with Crippen molar-refractivity contribution in [1.29, 1.82) is 0 Å². The van der Waals surface area contributed by atoms with E-state index in [0.717, 1.165) is 29.2 Å². The van der Waals surface area contributed by atoms with E-state index >= 15 is 0 Å². The number of halogens is 1. The maximum Gasteiger partial charge on any atom is 0.159 e. The summed E-state index contributed by atoms with van der Waals surface area (Å²) in [6, 6.07) is 0. The van der Waals surface area contributed by atoms with Gasteiger partial charge in [0.05, 0.1) is 23.6 Å². The minimum absolute atomic E-state index is 0.396. The molecule has 3 aromatic heterocycles. The maximum absolute atomic E-state index is 5.98. The molecule has 3 rings (SSSR count). The van der Waals surface area contributed by atoms with Crippen molar-refractivity contribution in [2.45, 2.75) is 19.3 Å². The molecule has 0 aromatic carbocycles. The topological polar surface area (TPSA) is 48.5 Å². The van der Waals surface area contributed by atoms with E-state index in [1.165, 1.54) is 4.88 Å². The Hall–Kier alpha value is -1.40. The Morgan fingerprint density at radius 1 is 1.44 bits per heavy atom. The van der Waals surface area contributed by atoms with Gasteiger partial charge in [-0.05, 0) is 6.92 Å². The maximum atomic E-state index is 5.98. The van der Waals surface area contributed by atoms with Gasteiger partial charge in [-0.25, -0.2) is 4.98 Å². The van der Waals surface area contributed by atoms with Crippen molar-refractivity contribution in [1.82, 2.24) is 24.3 Å². The Labute approximate surface area is 113 Å². The van der Waals surface area contributed by atoms with Crippen LogP contribution in [0.2, 0.25) is 0 Å². The highest BCUT2D eigenvalue weighted by Crippen LogP contribution is 2.22. The molecule has 18 heavy (non-hydrogen) atoms. The molecule has 5 nitrogen and oxygen atoms in total. The van der Waals surface area contributed by atoms with Gasteiger partial charge in [-0.3, -0.25) is 9.67 Å². The van der Waals surface area contributed by atoms with E-state index in [-0.39, 0.29) is 0 Å². The quantitative estimate of drug-likeness (QED) is 0.692. The molecule has 0 saturated carbocycles. The monoisotopic (exact) mass is 281 g/mol. The number of rotatable bonds is 3. The second-order valence-electron chi connectivity index (χ2n) is 4.10. The molecule has 0 unspecified atom stereocenters. The summed E-state index contributed by atoms with van der Waals surface area (Å²) in [5.74, 6) is 1.27.